The van der Waals surface area contributed by atoms with Crippen molar-refractivity contribution in [2.24, 2.45) is 5.10 Å². The van der Waals surface area contributed by atoms with Crippen molar-refractivity contribution in [1.29, 1.82) is 0 Å². The SMILES string of the molecule is COc1ccc(N(CC(=O)N/N=C\c2cccc(Br)c2)S(=O)(=O)c2ccccc2[N+](=O)[O-])c(OC)c1. The first kappa shape index (κ1) is 26.6. The summed E-state index contributed by atoms with van der Waals surface area (Å²) < 4.78 is 39.3. The van der Waals surface area contributed by atoms with E-state index in [1.807, 2.05) is 6.07 Å². The normalized spacial score (nSPS) is 11.2. The summed E-state index contributed by atoms with van der Waals surface area (Å²) in [5.41, 5.74) is 2.31. The summed E-state index contributed by atoms with van der Waals surface area (Å²) in [6.45, 7) is -0.743. The van der Waals surface area contributed by atoms with Crippen molar-refractivity contribution in [2.45, 2.75) is 4.90 Å². The van der Waals surface area contributed by atoms with Gasteiger partial charge in [0, 0.05) is 16.6 Å². The van der Waals surface area contributed by atoms with Gasteiger partial charge < -0.3 is 9.47 Å². The zero-order valence-corrected chi connectivity index (χ0v) is 21.5. The van der Waals surface area contributed by atoms with Crippen LogP contribution in [0.2, 0.25) is 0 Å². The van der Waals surface area contributed by atoms with Crippen molar-refractivity contribution in [2.75, 3.05) is 25.1 Å². The molecular weight excluding hydrogens is 556 g/mol. The zero-order chi connectivity index (χ0) is 26.3. The summed E-state index contributed by atoms with van der Waals surface area (Å²) in [6.07, 6.45) is 1.39. The Morgan fingerprint density at radius 1 is 1.11 bits per heavy atom. The first-order valence-corrected chi connectivity index (χ1v) is 12.5. The van der Waals surface area contributed by atoms with Gasteiger partial charge in [-0.25, -0.2) is 13.8 Å². The average molecular weight is 577 g/mol. The van der Waals surface area contributed by atoms with Crippen LogP contribution in [-0.2, 0) is 14.8 Å². The molecule has 0 radical (unpaired) electrons. The maximum Gasteiger partial charge on any atom is 0.289 e. The molecule has 0 bridgehead atoms. The summed E-state index contributed by atoms with van der Waals surface area (Å²) in [7, 11) is -1.87. The van der Waals surface area contributed by atoms with Gasteiger partial charge in [-0.3, -0.25) is 19.2 Å². The molecule has 36 heavy (non-hydrogen) atoms. The summed E-state index contributed by atoms with van der Waals surface area (Å²) >= 11 is 3.33. The molecule has 1 N–H and O–H groups in total. The van der Waals surface area contributed by atoms with E-state index in [0.29, 0.717) is 11.3 Å². The van der Waals surface area contributed by atoms with Crippen molar-refractivity contribution < 1.29 is 27.6 Å². The number of nitro groups is 1. The van der Waals surface area contributed by atoms with Gasteiger partial charge >= 0.3 is 0 Å². The average Bonchev–Trinajstić information content (AvgIpc) is 2.87. The summed E-state index contributed by atoms with van der Waals surface area (Å²) in [4.78, 5) is 22.9. The second-order valence-corrected chi connectivity index (χ2v) is 9.87. The summed E-state index contributed by atoms with van der Waals surface area (Å²) in [5, 5.41) is 15.4. The third kappa shape index (κ3) is 6.17. The van der Waals surface area contributed by atoms with Crippen molar-refractivity contribution in [3.8, 4) is 11.5 Å². The number of nitrogens with one attached hydrogen (secondary N) is 1. The zero-order valence-electron chi connectivity index (χ0n) is 19.1. The van der Waals surface area contributed by atoms with E-state index in [9.17, 15) is 23.3 Å². The second-order valence-electron chi connectivity index (χ2n) is 7.12. The van der Waals surface area contributed by atoms with Crippen LogP contribution < -0.4 is 19.2 Å². The van der Waals surface area contributed by atoms with Gasteiger partial charge in [0.25, 0.3) is 21.6 Å². The quantitative estimate of drug-likeness (QED) is 0.220. The van der Waals surface area contributed by atoms with Crippen molar-refractivity contribution in [3.63, 3.8) is 0 Å². The number of para-hydroxylation sites is 1. The smallest absolute Gasteiger partial charge is 0.289 e. The lowest BCUT2D eigenvalue weighted by molar-refractivity contribution is -0.387. The van der Waals surface area contributed by atoms with Gasteiger partial charge in [-0.05, 0) is 35.9 Å². The Morgan fingerprint density at radius 3 is 2.53 bits per heavy atom. The highest BCUT2D eigenvalue weighted by Gasteiger charge is 2.34. The highest BCUT2D eigenvalue weighted by molar-refractivity contribution is 9.10. The molecule has 0 heterocycles. The lowest BCUT2D eigenvalue weighted by atomic mass is 10.2. The molecule has 1 amide bonds. The maximum atomic E-state index is 13.7. The van der Waals surface area contributed by atoms with Crippen LogP contribution in [0.3, 0.4) is 0 Å². The van der Waals surface area contributed by atoms with Gasteiger partial charge in [0.15, 0.2) is 4.90 Å². The van der Waals surface area contributed by atoms with Crippen molar-refractivity contribution in [1.82, 2.24) is 5.43 Å². The number of ether oxygens (including phenoxy) is 2. The lowest BCUT2D eigenvalue weighted by Crippen LogP contribution is -2.40. The summed E-state index contributed by atoms with van der Waals surface area (Å²) in [6, 6.07) is 16.3. The maximum absolute atomic E-state index is 13.7. The van der Waals surface area contributed by atoms with Crippen LogP contribution in [0.5, 0.6) is 11.5 Å². The topological polar surface area (TPSA) is 140 Å². The molecule has 0 unspecified atom stereocenters. The highest BCUT2D eigenvalue weighted by atomic mass is 79.9. The van der Waals surface area contributed by atoms with Gasteiger partial charge in [0.05, 0.1) is 31.0 Å². The third-order valence-electron chi connectivity index (χ3n) is 4.82. The molecule has 0 aromatic heterocycles. The molecule has 0 aliphatic heterocycles. The van der Waals surface area contributed by atoms with Crippen LogP contribution in [0.15, 0.2) is 81.2 Å². The predicted molar refractivity (Wildman–Crippen MR) is 137 cm³/mol. The molecule has 11 nitrogen and oxygen atoms in total. The van der Waals surface area contributed by atoms with Crippen LogP contribution in [0, 0.1) is 10.1 Å². The van der Waals surface area contributed by atoms with Gasteiger partial charge in [0.1, 0.15) is 18.0 Å². The van der Waals surface area contributed by atoms with E-state index in [1.165, 1.54) is 50.8 Å². The molecule has 0 aliphatic rings. The molecule has 0 atom stereocenters. The number of benzene rings is 3. The van der Waals surface area contributed by atoms with E-state index in [-0.39, 0.29) is 11.4 Å². The van der Waals surface area contributed by atoms with Crippen LogP contribution in [0.1, 0.15) is 5.56 Å². The minimum absolute atomic E-state index is 0.0254. The van der Waals surface area contributed by atoms with Crippen LogP contribution >= 0.6 is 15.9 Å². The molecule has 0 saturated carbocycles. The van der Waals surface area contributed by atoms with E-state index >= 15 is 0 Å². The Labute approximate surface area is 215 Å². The third-order valence-corrected chi connectivity index (χ3v) is 7.12. The number of carbonyl (C=O) groups is 1. The monoisotopic (exact) mass is 576 g/mol. The number of sulfonamides is 1. The number of carbonyl (C=O) groups excluding carboxylic acids is 1. The first-order valence-electron chi connectivity index (χ1n) is 10.2. The van der Waals surface area contributed by atoms with E-state index < -0.39 is 38.0 Å². The molecule has 3 aromatic carbocycles. The molecule has 0 aliphatic carbocycles. The Kier molecular flexibility index (Phi) is 8.61. The van der Waals surface area contributed by atoms with E-state index in [0.717, 1.165) is 20.9 Å². The molecule has 13 heteroatoms. The molecule has 0 fully saturated rings. The molecule has 3 rings (SSSR count). The van der Waals surface area contributed by atoms with Crippen LogP contribution in [0.4, 0.5) is 11.4 Å². The largest absolute Gasteiger partial charge is 0.497 e. The number of amides is 1. The minimum Gasteiger partial charge on any atom is -0.497 e. The Bertz CT molecular complexity index is 1410. The van der Waals surface area contributed by atoms with Gasteiger partial charge in [-0.1, -0.05) is 40.2 Å². The molecule has 0 saturated heterocycles. The standard InChI is InChI=1S/C23H21BrN4O7S/c1-34-18-10-11-19(21(13-18)35-2)27(36(32,33)22-9-4-3-8-20(22)28(30)31)15-23(29)26-25-14-16-6-5-7-17(24)12-16/h3-14H,15H2,1-2H3,(H,26,29)/b25-14-. The first-order chi connectivity index (χ1) is 17.2. The van der Waals surface area contributed by atoms with E-state index in [4.69, 9.17) is 9.47 Å². The Hall–Kier alpha value is -3.97. The number of methoxy groups -OCH3 is 2. The summed E-state index contributed by atoms with van der Waals surface area (Å²) in [5.74, 6) is -0.343. The Balaban J connectivity index is 2.01. The van der Waals surface area contributed by atoms with Crippen molar-refractivity contribution >= 4 is 49.4 Å². The lowest BCUT2D eigenvalue weighted by Gasteiger charge is -2.25. The number of hydrogen-bond acceptors (Lipinski definition) is 8. The fraction of sp³-hybridized carbons (Fsp3) is 0.130. The second kappa shape index (κ2) is 11.6. The van der Waals surface area contributed by atoms with Crippen LogP contribution in [0.25, 0.3) is 0 Å². The number of hydrazone groups is 1. The van der Waals surface area contributed by atoms with Crippen molar-refractivity contribution in [3.05, 3.63) is 86.9 Å². The molecule has 188 valence electrons. The Morgan fingerprint density at radius 2 is 1.86 bits per heavy atom. The van der Waals surface area contributed by atoms with E-state index in [2.05, 4.69) is 26.5 Å². The van der Waals surface area contributed by atoms with E-state index in [1.54, 1.807) is 18.2 Å². The highest BCUT2D eigenvalue weighted by Crippen LogP contribution is 2.37. The number of rotatable bonds is 10. The number of anilines is 1. The molecular formula is C23H21BrN4O7S. The minimum atomic E-state index is -4.61. The van der Waals surface area contributed by atoms with Gasteiger partial charge in [0.2, 0.25) is 0 Å². The number of halogens is 1. The van der Waals surface area contributed by atoms with Gasteiger partial charge in [-0.15, -0.1) is 0 Å². The number of hydrogen-bond donors (Lipinski definition) is 1. The predicted octanol–water partition coefficient (Wildman–Crippen LogP) is 3.72. The van der Waals surface area contributed by atoms with Crippen LogP contribution in [-0.4, -0.2) is 46.2 Å². The molecule has 0 spiro atoms. The fourth-order valence-electron chi connectivity index (χ4n) is 3.17. The number of nitrogens with zero attached hydrogens (tertiary/aromatic N) is 3. The number of nitro benzene ring substituents is 1. The van der Waals surface area contributed by atoms with Gasteiger partial charge in [-0.2, -0.15) is 5.10 Å². The molecule has 3 aromatic rings. The fourth-order valence-corrected chi connectivity index (χ4v) is 5.18.